The van der Waals surface area contributed by atoms with Gasteiger partial charge in [0.05, 0.1) is 12.9 Å². The van der Waals surface area contributed by atoms with E-state index >= 15 is 0 Å². The summed E-state index contributed by atoms with van der Waals surface area (Å²) in [5.41, 5.74) is 3.02. The standard InChI is InChI=1S/C29H34N2O4/c1-3-34-25-15-13-23(14-16-25)27(28(32)30-24-10-4-5-11-24)31(29(33)26-12-7-19-35-26)18-17-22-9-6-8-21(2)20-22/h6-9,12-16,19-20,24,27H,3-5,10-11,17-18H2,1-2H3,(H,30,32)/t27-/m1/s1. The molecule has 1 saturated carbocycles. The number of hydrogen-bond donors (Lipinski definition) is 1. The van der Waals surface area contributed by atoms with E-state index in [9.17, 15) is 9.59 Å². The smallest absolute Gasteiger partial charge is 0.290 e. The number of nitrogens with zero attached hydrogens (tertiary/aromatic N) is 1. The van der Waals surface area contributed by atoms with Crippen LogP contribution in [0.3, 0.4) is 0 Å². The molecule has 0 bridgehead atoms. The van der Waals surface area contributed by atoms with Crippen molar-refractivity contribution in [2.45, 2.75) is 58.0 Å². The van der Waals surface area contributed by atoms with Gasteiger partial charge >= 0.3 is 0 Å². The minimum Gasteiger partial charge on any atom is -0.494 e. The van der Waals surface area contributed by atoms with Gasteiger partial charge in [0, 0.05) is 12.6 Å². The molecule has 6 heteroatoms. The molecular weight excluding hydrogens is 440 g/mol. The Bertz CT molecular complexity index is 1100. The van der Waals surface area contributed by atoms with Crippen molar-refractivity contribution in [3.8, 4) is 5.75 Å². The SMILES string of the molecule is CCOc1ccc([C@H](C(=O)NC2CCCC2)N(CCc2cccc(C)c2)C(=O)c2ccco2)cc1. The molecule has 1 N–H and O–H groups in total. The van der Waals surface area contributed by atoms with E-state index in [-0.39, 0.29) is 23.6 Å². The Morgan fingerprint density at radius 3 is 2.51 bits per heavy atom. The maximum Gasteiger partial charge on any atom is 0.290 e. The molecule has 0 aliphatic heterocycles. The van der Waals surface area contributed by atoms with Crippen molar-refractivity contribution in [1.82, 2.24) is 10.2 Å². The molecular formula is C29H34N2O4. The topological polar surface area (TPSA) is 71.8 Å². The van der Waals surface area contributed by atoms with Gasteiger partial charge in [-0.25, -0.2) is 0 Å². The second-order valence-corrected chi connectivity index (χ2v) is 9.11. The Morgan fingerprint density at radius 1 is 1.09 bits per heavy atom. The van der Waals surface area contributed by atoms with Gasteiger partial charge in [-0.05, 0) is 68.5 Å². The number of carbonyl (C=O) groups excluding carboxylic acids is 2. The first-order valence-electron chi connectivity index (χ1n) is 12.5. The van der Waals surface area contributed by atoms with Crippen molar-refractivity contribution in [2.24, 2.45) is 0 Å². The number of ether oxygens (including phenoxy) is 1. The number of hydrogen-bond acceptors (Lipinski definition) is 4. The predicted octanol–water partition coefficient (Wildman–Crippen LogP) is 5.47. The zero-order valence-corrected chi connectivity index (χ0v) is 20.5. The first-order chi connectivity index (χ1) is 17.0. The summed E-state index contributed by atoms with van der Waals surface area (Å²) < 4.78 is 11.1. The highest BCUT2D eigenvalue weighted by Gasteiger charge is 2.34. The largest absolute Gasteiger partial charge is 0.494 e. The summed E-state index contributed by atoms with van der Waals surface area (Å²) in [6.45, 7) is 4.91. The molecule has 1 aromatic heterocycles. The molecule has 1 heterocycles. The van der Waals surface area contributed by atoms with Crippen LogP contribution in [0, 0.1) is 6.92 Å². The number of nitrogens with one attached hydrogen (secondary N) is 1. The first kappa shape index (κ1) is 24.6. The molecule has 6 nitrogen and oxygen atoms in total. The molecule has 184 valence electrons. The number of benzene rings is 2. The molecule has 0 unspecified atom stereocenters. The third-order valence-electron chi connectivity index (χ3n) is 6.49. The van der Waals surface area contributed by atoms with E-state index in [1.165, 1.54) is 6.26 Å². The van der Waals surface area contributed by atoms with Gasteiger partial charge in [0.1, 0.15) is 11.8 Å². The third-order valence-corrected chi connectivity index (χ3v) is 6.49. The molecule has 0 spiro atoms. The highest BCUT2D eigenvalue weighted by Crippen LogP contribution is 2.28. The average Bonchev–Trinajstić information content (AvgIpc) is 3.57. The fourth-order valence-corrected chi connectivity index (χ4v) is 4.74. The summed E-state index contributed by atoms with van der Waals surface area (Å²) in [5.74, 6) is 0.488. The summed E-state index contributed by atoms with van der Waals surface area (Å²) in [6.07, 6.45) is 6.27. The summed E-state index contributed by atoms with van der Waals surface area (Å²) >= 11 is 0. The van der Waals surface area contributed by atoms with Crippen LogP contribution in [0.5, 0.6) is 5.75 Å². The van der Waals surface area contributed by atoms with Gasteiger partial charge in [0.2, 0.25) is 5.91 Å². The lowest BCUT2D eigenvalue weighted by Crippen LogP contribution is -2.46. The number of carbonyl (C=O) groups is 2. The summed E-state index contributed by atoms with van der Waals surface area (Å²) in [4.78, 5) is 29.0. The van der Waals surface area contributed by atoms with E-state index < -0.39 is 6.04 Å². The number of aryl methyl sites for hydroxylation is 1. The Balaban J connectivity index is 1.67. The quantitative estimate of drug-likeness (QED) is 0.423. The van der Waals surface area contributed by atoms with Crippen molar-refractivity contribution in [3.05, 3.63) is 89.4 Å². The van der Waals surface area contributed by atoms with E-state index in [1.807, 2.05) is 56.3 Å². The van der Waals surface area contributed by atoms with Gasteiger partial charge in [-0.1, -0.05) is 54.8 Å². The summed E-state index contributed by atoms with van der Waals surface area (Å²) in [7, 11) is 0. The van der Waals surface area contributed by atoms with Crippen molar-refractivity contribution in [2.75, 3.05) is 13.2 Å². The fourth-order valence-electron chi connectivity index (χ4n) is 4.74. The summed E-state index contributed by atoms with van der Waals surface area (Å²) in [5, 5.41) is 3.21. The van der Waals surface area contributed by atoms with Gasteiger partial charge in [0.25, 0.3) is 5.91 Å². The second-order valence-electron chi connectivity index (χ2n) is 9.11. The van der Waals surface area contributed by atoms with Crippen LogP contribution in [-0.4, -0.2) is 35.9 Å². The molecule has 1 aliphatic carbocycles. The minimum atomic E-state index is -0.784. The van der Waals surface area contributed by atoms with E-state index in [0.29, 0.717) is 19.6 Å². The molecule has 1 atom stereocenters. The second kappa shape index (κ2) is 11.7. The van der Waals surface area contributed by atoms with Crippen LogP contribution in [0.25, 0.3) is 0 Å². The van der Waals surface area contributed by atoms with Crippen molar-refractivity contribution in [1.29, 1.82) is 0 Å². The van der Waals surface area contributed by atoms with E-state index in [4.69, 9.17) is 9.15 Å². The van der Waals surface area contributed by atoms with Crippen molar-refractivity contribution >= 4 is 11.8 Å². The lowest BCUT2D eigenvalue weighted by molar-refractivity contribution is -0.126. The molecule has 1 fully saturated rings. The van der Waals surface area contributed by atoms with Crippen molar-refractivity contribution < 1.29 is 18.7 Å². The normalized spacial score (nSPS) is 14.5. The van der Waals surface area contributed by atoms with Gasteiger partial charge < -0.3 is 19.4 Å². The van der Waals surface area contributed by atoms with E-state index in [0.717, 1.165) is 48.1 Å². The number of amides is 2. The molecule has 3 aromatic rings. The Kier molecular flexibility index (Phi) is 8.24. The monoisotopic (exact) mass is 474 g/mol. The van der Waals surface area contributed by atoms with Crippen LogP contribution in [0.2, 0.25) is 0 Å². The van der Waals surface area contributed by atoms with E-state index in [2.05, 4.69) is 11.4 Å². The van der Waals surface area contributed by atoms with Crippen LogP contribution in [0.1, 0.15) is 65.9 Å². The number of rotatable bonds is 10. The lowest BCUT2D eigenvalue weighted by Gasteiger charge is -2.32. The molecule has 2 aromatic carbocycles. The Hall–Kier alpha value is -3.54. The van der Waals surface area contributed by atoms with Crippen molar-refractivity contribution in [3.63, 3.8) is 0 Å². The highest BCUT2D eigenvalue weighted by atomic mass is 16.5. The highest BCUT2D eigenvalue weighted by molar-refractivity contribution is 5.96. The van der Waals surface area contributed by atoms with Crippen LogP contribution in [-0.2, 0) is 11.2 Å². The molecule has 4 rings (SSSR count). The zero-order valence-electron chi connectivity index (χ0n) is 20.5. The maximum absolute atomic E-state index is 13.7. The third kappa shape index (κ3) is 6.32. The van der Waals surface area contributed by atoms with Gasteiger partial charge in [-0.2, -0.15) is 0 Å². The average molecular weight is 475 g/mol. The Morgan fingerprint density at radius 2 is 1.86 bits per heavy atom. The zero-order chi connectivity index (χ0) is 24.6. The molecule has 0 radical (unpaired) electrons. The lowest BCUT2D eigenvalue weighted by atomic mass is 10.0. The first-order valence-corrected chi connectivity index (χ1v) is 12.5. The van der Waals surface area contributed by atoms with Gasteiger partial charge in [-0.3, -0.25) is 9.59 Å². The van der Waals surface area contributed by atoms with Crippen LogP contribution < -0.4 is 10.1 Å². The molecule has 2 amide bonds. The van der Waals surface area contributed by atoms with Gasteiger partial charge in [0.15, 0.2) is 5.76 Å². The summed E-state index contributed by atoms with van der Waals surface area (Å²) in [6, 6.07) is 18.4. The fraction of sp³-hybridized carbons (Fsp3) is 0.379. The van der Waals surface area contributed by atoms with E-state index in [1.54, 1.807) is 17.0 Å². The molecule has 35 heavy (non-hydrogen) atoms. The van der Waals surface area contributed by atoms with Crippen LogP contribution in [0.15, 0.2) is 71.3 Å². The van der Waals surface area contributed by atoms with Gasteiger partial charge in [-0.15, -0.1) is 0 Å². The Labute approximate surface area is 207 Å². The van der Waals surface area contributed by atoms with Crippen LogP contribution >= 0.6 is 0 Å². The minimum absolute atomic E-state index is 0.144. The van der Waals surface area contributed by atoms with Crippen LogP contribution in [0.4, 0.5) is 0 Å². The predicted molar refractivity (Wildman–Crippen MR) is 135 cm³/mol. The number of furan rings is 1. The molecule has 0 saturated heterocycles. The maximum atomic E-state index is 13.7. The molecule has 1 aliphatic rings.